The Bertz CT molecular complexity index is 516. The van der Waals surface area contributed by atoms with Crippen LogP contribution in [-0.2, 0) is 4.84 Å². The molecule has 0 spiro atoms. The van der Waals surface area contributed by atoms with Gasteiger partial charge in [0, 0.05) is 0 Å². The van der Waals surface area contributed by atoms with E-state index >= 15 is 0 Å². The van der Waals surface area contributed by atoms with Crippen molar-refractivity contribution < 1.29 is 9.23 Å². The zero-order valence-corrected chi connectivity index (χ0v) is 18.9. The summed E-state index contributed by atoms with van der Waals surface area (Å²) in [7, 11) is 1.55. The van der Waals surface area contributed by atoms with Crippen LogP contribution in [0.25, 0.3) is 0 Å². The first-order chi connectivity index (χ1) is 14.3. The number of unbranched alkanes of at least 4 members (excludes halogenated alkanes) is 11. The Hall–Kier alpha value is -1.42. The van der Waals surface area contributed by atoms with E-state index in [1.807, 2.05) is 0 Å². The molecule has 4 heteroatoms. The van der Waals surface area contributed by atoms with Crippen molar-refractivity contribution in [2.75, 3.05) is 20.2 Å². The Morgan fingerprint density at radius 3 is 1.86 bits per heavy atom. The first-order valence-corrected chi connectivity index (χ1v) is 11.8. The SMILES string of the molecule is CCCCCCCCCCCCCCNCCC/C(=N/OC)c1ccc(F)cc1. The molecule has 0 unspecified atom stereocenters. The van der Waals surface area contributed by atoms with E-state index < -0.39 is 0 Å². The van der Waals surface area contributed by atoms with Crippen molar-refractivity contribution in [1.82, 2.24) is 5.32 Å². The average Bonchev–Trinajstić information content (AvgIpc) is 2.73. The highest BCUT2D eigenvalue weighted by Gasteiger charge is 2.05. The van der Waals surface area contributed by atoms with E-state index in [0.717, 1.165) is 37.2 Å². The minimum Gasteiger partial charge on any atom is -0.399 e. The molecule has 0 saturated carbocycles. The Morgan fingerprint density at radius 2 is 1.31 bits per heavy atom. The summed E-state index contributed by atoms with van der Waals surface area (Å²) in [6.07, 6.45) is 18.5. The predicted octanol–water partition coefficient (Wildman–Crippen LogP) is 7.25. The molecule has 0 atom stereocenters. The van der Waals surface area contributed by atoms with Crippen LogP contribution in [0.1, 0.15) is 102 Å². The average molecular weight is 407 g/mol. The summed E-state index contributed by atoms with van der Waals surface area (Å²) in [6, 6.07) is 6.44. The van der Waals surface area contributed by atoms with E-state index in [-0.39, 0.29) is 5.82 Å². The molecule has 3 nitrogen and oxygen atoms in total. The number of hydrogen-bond acceptors (Lipinski definition) is 3. The fourth-order valence-corrected chi connectivity index (χ4v) is 3.59. The molecule has 0 aliphatic carbocycles. The van der Waals surface area contributed by atoms with Gasteiger partial charge in [-0.3, -0.25) is 0 Å². The third-order valence-electron chi connectivity index (χ3n) is 5.35. The van der Waals surface area contributed by atoms with Gasteiger partial charge in [0.1, 0.15) is 12.9 Å². The Morgan fingerprint density at radius 1 is 0.793 bits per heavy atom. The van der Waals surface area contributed by atoms with Crippen LogP contribution in [0.3, 0.4) is 0 Å². The van der Waals surface area contributed by atoms with Gasteiger partial charge in [0.05, 0.1) is 5.71 Å². The van der Waals surface area contributed by atoms with E-state index in [4.69, 9.17) is 4.84 Å². The van der Waals surface area contributed by atoms with Crippen molar-refractivity contribution >= 4 is 5.71 Å². The quantitative estimate of drug-likeness (QED) is 0.149. The van der Waals surface area contributed by atoms with E-state index in [1.165, 1.54) is 89.2 Å². The molecule has 1 N–H and O–H groups in total. The maximum Gasteiger partial charge on any atom is 0.123 e. The van der Waals surface area contributed by atoms with Gasteiger partial charge in [0.2, 0.25) is 0 Å². The van der Waals surface area contributed by atoms with E-state index in [1.54, 1.807) is 19.2 Å². The fraction of sp³-hybridized carbons (Fsp3) is 0.720. The van der Waals surface area contributed by atoms with Crippen LogP contribution in [-0.4, -0.2) is 25.9 Å². The summed E-state index contributed by atoms with van der Waals surface area (Å²) in [5.41, 5.74) is 1.80. The van der Waals surface area contributed by atoms with Crippen LogP contribution in [0.5, 0.6) is 0 Å². The largest absolute Gasteiger partial charge is 0.399 e. The van der Waals surface area contributed by atoms with Crippen molar-refractivity contribution in [3.8, 4) is 0 Å². The zero-order valence-electron chi connectivity index (χ0n) is 18.9. The van der Waals surface area contributed by atoms with Gasteiger partial charge in [-0.2, -0.15) is 0 Å². The van der Waals surface area contributed by atoms with E-state index in [2.05, 4.69) is 17.4 Å². The summed E-state index contributed by atoms with van der Waals surface area (Å²) in [5, 5.41) is 7.62. The summed E-state index contributed by atoms with van der Waals surface area (Å²) >= 11 is 0. The molecule has 0 aliphatic heterocycles. The van der Waals surface area contributed by atoms with Crippen molar-refractivity contribution in [3.05, 3.63) is 35.6 Å². The lowest BCUT2D eigenvalue weighted by atomic mass is 10.1. The summed E-state index contributed by atoms with van der Waals surface area (Å²) in [4.78, 5) is 4.94. The lowest BCUT2D eigenvalue weighted by Gasteiger charge is -2.08. The summed E-state index contributed by atoms with van der Waals surface area (Å²) < 4.78 is 13.1. The Balaban J connectivity index is 1.92. The highest BCUT2D eigenvalue weighted by molar-refractivity contribution is 6.00. The third kappa shape index (κ3) is 14.2. The molecule has 29 heavy (non-hydrogen) atoms. The number of oxime groups is 1. The maximum absolute atomic E-state index is 13.1. The second-order valence-corrected chi connectivity index (χ2v) is 7.97. The van der Waals surface area contributed by atoms with Crippen LogP contribution in [0.2, 0.25) is 0 Å². The predicted molar refractivity (Wildman–Crippen MR) is 123 cm³/mol. The number of rotatable bonds is 19. The number of hydrogen-bond donors (Lipinski definition) is 1. The van der Waals surface area contributed by atoms with Gasteiger partial charge in [-0.25, -0.2) is 4.39 Å². The summed E-state index contributed by atoms with van der Waals surface area (Å²) in [6.45, 7) is 4.34. The molecule has 0 bridgehead atoms. The minimum absolute atomic E-state index is 0.227. The van der Waals surface area contributed by atoms with Gasteiger partial charge in [0.15, 0.2) is 0 Å². The van der Waals surface area contributed by atoms with Crippen LogP contribution >= 0.6 is 0 Å². The van der Waals surface area contributed by atoms with E-state index in [0.29, 0.717) is 0 Å². The van der Waals surface area contributed by atoms with Gasteiger partial charge >= 0.3 is 0 Å². The highest BCUT2D eigenvalue weighted by Crippen LogP contribution is 2.12. The monoisotopic (exact) mass is 406 g/mol. The van der Waals surface area contributed by atoms with Crippen molar-refractivity contribution in [1.29, 1.82) is 0 Å². The van der Waals surface area contributed by atoms with E-state index in [9.17, 15) is 4.39 Å². The van der Waals surface area contributed by atoms with Gasteiger partial charge in [-0.05, 0) is 50.0 Å². The lowest BCUT2D eigenvalue weighted by molar-refractivity contribution is 0.212. The van der Waals surface area contributed by atoms with Crippen LogP contribution in [0.15, 0.2) is 29.4 Å². The zero-order chi connectivity index (χ0) is 21.0. The molecule has 0 radical (unpaired) electrons. The van der Waals surface area contributed by atoms with Crippen molar-refractivity contribution in [3.63, 3.8) is 0 Å². The standard InChI is InChI=1S/C25H43FN2O/c1-3-4-5-6-7-8-9-10-11-12-13-14-21-27-22-15-16-25(28-29-2)23-17-19-24(26)20-18-23/h17-20,27H,3-16,21-22H2,1-2H3/b28-25-. The number of nitrogens with one attached hydrogen (secondary N) is 1. The molecule has 0 fully saturated rings. The molecule has 1 aromatic rings. The van der Waals surface area contributed by atoms with Crippen LogP contribution < -0.4 is 5.32 Å². The number of benzene rings is 1. The highest BCUT2D eigenvalue weighted by atomic mass is 19.1. The second kappa shape index (κ2) is 18.6. The van der Waals surface area contributed by atoms with Gasteiger partial charge in [-0.1, -0.05) is 94.8 Å². The number of halogens is 1. The molecule has 166 valence electrons. The van der Waals surface area contributed by atoms with Crippen molar-refractivity contribution in [2.24, 2.45) is 5.16 Å². The number of nitrogens with zero attached hydrogens (tertiary/aromatic N) is 1. The van der Waals surface area contributed by atoms with Crippen molar-refractivity contribution in [2.45, 2.75) is 96.8 Å². The molecular formula is C25H43FN2O. The minimum atomic E-state index is -0.227. The van der Waals surface area contributed by atoms with Gasteiger partial charge in [0.25, 0.3) is 0 Å². The Kier molecular flexibility index (Phi) is 16.4. The molecule has 0 saturated heterocycles. The van der Waals surface area contributed by atoms with Gasteiger partial charge < -0.3 is 10.2 Å². The molecule has 0 heterocycles. The van der Waals surface area contributed by atoms with Crippen LogP contribution in [0.4, 0.5) is 4.39 Å². The summed E-state index contributed by atoms with van der Waals surface area (Å²) in [5.74, 6) is -0.227. The second-order valence-electron chi connectivity index (χ2n) is 7.97. The van der Waals surface area contributed by atoms with Crippen LogP contribution in [0, 0.1) is 5.82 Å². The molecular weight excluding hydrogens is 363 g/mol. The molecule has 0 amide bonds. The van der Waals surface area contributed by atoms with Gasteiger partial charge in [-0.15, -0.1) is 0 Å². The topological polar surface area (TPSA) is 33.6 Å². The smallest absolute Gasteiger partial charge is 0.123 e. The lowest BCUT2D eigenvalue weighted by Crippen LogP contribution is -2.17. The maximum atomic E-state index is 13.1. The fourth-order valence-electron chi connectivity index (χ4n) is 3.59. The Labute approximate surface area is 178 Å². The third-order valence-corrected chi connectivity index (χ3v) is 5.35. The first kappa shape index (κ1) is 25.6. The molecule has 1 aromatic carbocycles. The first-order valence-electron chi connectivity index (χ1n) is 11.8. The normalized spacial score (nSPS) is 11.8. The molecule has 0 aromatic heterocycles. The molecule has 0 aliphatic rings. The molecule has 1 rings (SSSR count).